The van der Waals surface area contributed by atoms with Crippen LogP contribution >= 0.6 is 0 Å². The van der Waals surface area contributed by atoms with E-state index in [1.54, 1.807) is 39.8 Å². The molecule has 0 unspecified atom stereocenters. The molecule has 2 saturated heterocycles. The van der Waals surface area contributed by atoms with Crippen molar-refractivity contribution in [2.24, 2.45) is 17.6 Å². The molecular weight excluding hydrogens is 879 g/mol. The fourth-order valence-corrected chi connectivity index (χ4v) is 7.78. The molecule has 2 aliphatic heterocycles. The second kappa shape index (κ2) is 25.0. The molecule has 67 heavy (non-hydrogen) atoms. The number of nitrogens with two attached hydrogens (primary N) is 1. The lowest BCUT2D eigenvalue weighted by molar-refractivity contribution is -0.149. The maximum Gasteiger partial charge on any atom is 0.326 e. The van der Waals surface area contributed by atoms with Crippen LogP contribution in [0.15, 0.2) is 24.3 Å². The first kappa shape index (κ1) is 55.0. The molecule has 23 heteroatoms. The summed E-state index contributed by atoms with van der Waals surface area (Å²) in [6.45, 7) is 10.7. The molecule has 1 aromatic rings. The van der Waals surface area contributed by atoms with Gasteiger partial charge in [-0.25, -0.2) is 4.79 Å². The van der Waals surface area contributed by atoms with Crippen LogP contribution in [0.25, 0.3) is 0 Å². The van der Waals surface area contributed by atoms with E-state index < -0.39 is 132 Å². The van der Waals surface area contributed by atoms with Crippen molar-refractivity contribution in [3.8, 4) is 5.75 Å². The van der Waals surface area contributed by atoms with Crippen LogP contribution in [0.1, 0.15) is 92.6 Å². The van der Waals surface area contributed by atoms with E-state index in [4.69, 9.17) is 10.8 Å². The van der Waals surface area contributed by atoms with Crippen LogP contribution in [0.2, 0.25) is 0 Å². The average Bonchev–Trinajstić information content (AvgIpc) is 3.96. The third-order valence-corrected chi connectivity index (χ3v) is 11.7. The van der Waals surface area contributed by atoms with Gasteiger partial charge in [0, 0.05) is 25.9 Å². The van der Waals surface area contributed by atoms with Gasteiger partial charge in [0.1, 0.15) is 54.1 Å². The van der Waals surface area contributed by atoms with Gasteiger partial charge in [-0.2, -0.15) is 0 Å². The number of rotatable bonds is 23. The highest BCUT2D eigenvalue weighted by molar-refractivity contribution is 5.98. The molecular formula is C44H67N9O14. The van der Waals surface area contributed by atoms with Crippen molar-refractivity contribution in [1.29, 1.82) is 0 Å². The first-order valence-electron chi connectivity index (χ1n) is 22.4. The number of carboxylic acid groups (broad SMARTS) is 2. The summed E-state index contributed by atoms with van der Waals surface area (Å²) < 4.78 is 0. The van der Waals surface area contributed by atoms with Gasteiger partial charge in [-0.15, -0.1) is 0 Å². The molecule has 0 aliphatic carbocycles. The van der Waals surface area contributed by atoms with Crippen LogP contribution in [-0.2, 0) is 54.4 Å². The highest BCUT2D eigenvalue weighted by Gasteiger charge is 2.42. The Labute approximate surface area is 388 Å². The predicted octanol–water partition coefficient (Wildman–Crippen LogP) is -2.17. The number of benzene rings is 1. The lowest BCUT2D eigenvalue weighted by Crippen LogP contribution is -2.62. The maximum atomic E-state index is 14.4. The molecule has 3 rings (SSSR count). The molecule has 8 amide bonds. The summed E-state index contributed by atoms with van der Waals surface area (Å²) in [6, 6.07) is -5.38. The Hall–Kier alpha value is -6.36. The zero-order chi connectivity index (χ0) is 50.4. The zero-order valence-electron chi connectivity index (χ0n) is 38.9. The number of carbonyl (C=O) groups excluding carboxylic acids is 8. The standard InChI is InChI=1S/C44H67N9O14/c1-21(2)33(49-40(62)34(22(3)4)50-41(63)35(25(7)54)51-36(58)23(5)46-37(59)28(45)16-17-32(56)57)39(61)48-29(20-26-12-14-27(55)15-13-26)43(65)52-18-8-10-30(52)38(60)47-24(6)42(64)53-19-9-11-31(53)44(66)67/h12-15,21-25,28-31,33-35,54-55H,8-11,16-20,45H2,1-7H3,(H,46,59)(H,47,60)(H,48,61)(H,49,62)(H,50,63)(H,51,58)(H,56,57)(H,66,67)/t23-,24-,25+,28-,29-,30-,31-,33-,34-,35-/m0/s1. The first-order chi connectivity index (χ1) is 31.3. The zero-order valence-corrected chi connectivity index (χ0v) is 38.9. The Morgan fingerprint density at radius 2 is 1.12 bits per heavy atom. The molecule has 0 bridgehead atoms. The summed E-state index contributed by atoms with van der Waals surface area (Å²) >= 11 is 0. The van der Waals surface area contributed by atoms with E-state index in [-0.39, 0.29) is 50.9 Å². The summed E-state index contributed by atoms with van der Waals surface area (Å²) in [7, 11) is 0. The number of hydrogen-bond acceptors (Lipinski definition) is 13. The number of carbonyl (C=O) groups is 10. The maximum absolute atomic E-state index is 14.4. The molecule has 2 fully saturated rings. The van der Waals surface area contributed by atoms with Crippen LogP contribution in [-0.4, -0.2) is 163 Å². The summed E-state index contributed by atoms with van der Waals surface area (Å²) in [5.41, 5.74) is 6.25. The number of aliphatic hydroxyl groups is 1. The van der Waals surface area contributed by atoms with E-state index in [2.05, 4.69) is 31.9 Å². The smallest absolute Gasteiger partial charge is 0.326 e. The van der Waals surface area contributed by atoms with Gasteiger partial charge >= 0.3 is 11.9 Å². The summed E-state index contributed by atoms with van der Waals surface area (Å²) in [4.78, 5) is 133. The fourth-order valence-electron chi connectivity index (χ4n) is 7.78. The number of aliphatic hydroxyl groups excluding tert-OH is 1. The second-order valence-electron chi connectivity index (χ2n) is 17.8. The highest BCUT2D eigenvalue weighted by atomic mass is 16.4. The van der Waals surface area contributed by atoms with Gasteiger partial charge in [0.25, 0.3) is 0 Å². The third-order valence-electron chi connectivity index (χ3n) is 11.7. The summed E-state index contributed by atoms with van der Waals surface area (Å²) in [6.07, 6.45) is -0.788. The normalized spacial score (nSPS) is 19.4. The van der Waals surface area contributed by atoms with Gasteiger partial charge in [-0.3, -0.25) is 43.2 Å². The number of hydrogen-bond donors (Lipinski definition) is 11. The number of aliphatic carboxylic acids is 2. The van der Waals surface area contributed by atoms with Crippen molar-refractivity contribution in [2.45, 2.75) is 154 Å². The van der Waals surface area contributed by atoms with E-state index >= 15 is 0 Å². The Bertz CT molecular complexity index is 1980. The number of carboxylic acids is 2. The van der Waals surface area contributed by atoms with Crippen molar-refractivity contribution >= 4 is 59.2 Å². The first-order valence-corrected chi connectivity index (χ1v) is 22.4. The lowest BCUT2D eigenvalue weighted by Gasteiger charge is -2.32. The lowest BCUT2D eigenvalue weighted by atomic mass is 9.98. The average molecular weight is 946 g/mol. The fraction of sp³-hybridized carbons (Fsp3) is 0.636. The van der Waals surface area contributed by atoms with E-state index in [9.17, 15) is 63.3 Å². The van der Waals surface area contributed by atoms with Crippen LogP contribution in [0.3, 0.4) is 0 Å². The molecule has 23 nitrogen and oxygen atoms in total. The SMILES string of the molecule is CC(C)[C@H](NC(=O)[C@@H](NC(=O)[C@@H](NC(=O)[C@H](C)NC(=O)[C@@H](N)CCC(=O)O)[C@@H](C)O)C(C)C)C(=O)N[C@@H](Cc1ccc(O)cc1)C(=O)N1CCC[C@H]1C(=O)N[C@@H](C)C(=O)N1CCC[C@H]1C(=O)O. The molecule has 2 aliphatic rings. The quantitative estimate of drug-likeness (QED) is 0.0557. The molecule has 0 aromatic heterocycles. The van der Waals surface area contributed by atoms with Crippen molar-refractivity contribution in [3.05, 3.63) is 29.8 Å². The van der Waals surface area contributed by atoms with Crippen molar-refractivity contribution in [1.82, 2.24) is 41.7 Å². The van der Waals surface area contributed by atoms with Crippen LogP contribution in [0.4, 0.5) is 0 Å². The van der Waals surface area contributed by atoms with E-state index in [1.807, 2.05) is 0 Å². The van der Waals surface area contributed by atoms with E-state index in [0.29, 0.717) is 18.4 Å². The Morgan fingerprint density at radius 3 is 1.63 bits per heavy atom. The third kappa shape index (κ3) is 15.6. The minimum Gasteiger partial charge on any atom is -0.508 e. The Morgan fingerprint density at radius 1 is 0.627 bits per heavy atom. The van der Waals surface area contributed by atoms with Crippen LogP contribution in [0, 0.1) is 11.8 Å². The molecule has 0 saturated carbocycles. The van der Waals surface area contributed by atoms with Gasteiger partial charge in [0.05, 0.1) is 12.1 Å². The molecule has 10 atom stereocenters. The van der Waals surface area contributed by atoms with E-state index in [0.717, 1.165) is 0 Å². The van der Waals surface area contributed by atoms with Gasteiger partial charge in [-0.05, 0) is 82.4 Å². The van der Waals surface area contributed by atoms with Gasteiger partial charge in [0.2, 0.25) is 47.3 Å². The number of amides is 8. The van der Waals surface area contributed by atoms with Gasteiger partial charge in [0.15, 0.2) is 0 Å². The molecule has 0 radical (unpaired) electrons. The number of phenolic OH excluding ortho intramolecular Hbond substituents is 1. The van der Waals surface area contributed by atoms with Gasteiger partial charge < -0.3 is 67.9 Å². The topological polar surface area (TPSA) is 356 Å². The molecule has 12 N–H and O–H groups in total. The second-order valence-corrected chi connectivity index (χ2v) is 17.8. The largest absolute Gasteiger partial charge is 0.508 e. The number of aromatic hydroxyl groups is 1. The van der Waals surface area contributed by atoms with Crippen LogP contribution < -0.4 is 37.6 Å². The minimum atomic E-state index is -1.63. The summed E-state index contributed by atoms with van der Waals surface area (Å²) in [5.74, 6) is -9.78. The predicted molar refractivity (Wildman–Crippen MR) is 238 cm³/mol. The molecule has 2 heterocycles. The molecule has 372 valence electrons. The van der Waals surface area contributed by atoms with Crippen LogP contribution in [0.5, 0.6) is 5.75 Å². The summed E-state index contributed by atoms with van der Waals surface area (Å²) in [5, 5.41) is 54.0. The molecule has 0 spiro atoms. The van der Waals surface area contributed by atoms with Crippen molar-refractivity contribution in [3.63, 3.8) is 0 Å². The number of likely N-dealkylation sites (tertiary alicyclic amines) is 2. The number of phenols is 1. The van der Waals surface area contributed by atoms with Crippen molar-refractivity contribution in [2.75, 3.05) is 13.1 Å². The van der Waals surface area contributed by atoms with E-state index in [1.165, 1.54) is 42.7 Å². The molecule has 1 aromatic carbocycles. The highest BCUT2D eigenvalue weighted by Crippen LogP contribution is 2.23. The van der Waals surface area contributed by atoms with Crippen molar-refractivity contribution < 1.29 is 68.4 Å². The number of nitrogens with zero attached hydrogens (tertiary/aromatic N) is 2. The minimum absolute atomic E-state index is 0.0503. The monoisotopic (exact) mass is 945 g/mol. The van der Waals surface area contributed by atoms with Gasteiger partial charge in [-0.1, -0.05) is 39.8 Å². The number of nitrogens with one attached hydrogen (secondary N) is 6. The Kier molecular flexibility index (Phi) is 20.5. The Balaban J connectivity index is 1.78.